The highest BCUT2D eigenvalue weighted by molar-refractivity contribution is 8.16. The highest BCUT2D eigenvalue weighted by Crippen LogP contribution is 2.38. The highest BCUT2D eigenvalue weighted by Gasteiger charge is 2.36. The minimum atomic E-state index is -1.38. The van der Waals surface area contributed by atoms with Crippen LogP contribution in [-0.4, -0.2) is 36.0 Å². The van der Waals surface area contributed by atoms with Crippen LogP contribution in [0.4, 0.5) is 0 Å². The van der Waals surface area contributed by atoms with Gasteiger partial charge in [-0.1, -0.05) is 17.8 Å². The second-order valence-corrected chi connectivity index (χ2v) is 4.97. The van der Waals surface area contributed by atoms with Gasteiger partial charge in [0, 0.05) is 5.56 Å². The number of nitrogens with two attached hydrogens (primary N) is 1. The van der Waals surface area contributed by atoms with Crippen molar-refractivity contribution in [2.45, 2.75) is 5.72 Å². The predicted molar refractivity (Wildman–Crippen MR) is 75.2 cm³/mol. The van der Waals surface area contributed by atoms with Crippen molar-refractivity contribution in [3.05, 3.63) is 23.8 Å². The molecule has 0 aliphatic carbocycles. The van der Waals surface area contributed by atoms with Crippen molar-refractivity contribution in [2.75, 3.05) is 20.0 Å². The van der Waals surface area contributed by atoms with Crippen LogP contribution < -0.4 is 15.2 Å². The summed E-state index contributed by atoms with van der Waals surface area (Å²) in [5.41, 5.74) is 4.57. The maximum atomic E-state index is 10.5. The Kier molecular flexibility index (Phi) is 3.68. The van der Waals surface area contributed by atoms with Crippen LogP contribution in [0.3, 0.4) is 0 Å². The fourth-order valence-corrected chi connectivity index (χ4v) is 2.71. The molecule has 1 atom stereocenters. The molecule has 4 N–H and O–H groups in total. The lowest BCUT2D eigenvalue weighted by molar-refractivity contribution is 0.0756. The molecule has 1 aromatic rings. The van der Waals surface area contributed by atoms with Gasteiger partial charge in [0.25, 0.3) is 0 Å². The van der Waals surface area contributed by atoms with Crippen LogP contribution in [0, 0.1) is 5.41 Å². The zero-order valence-corrected chi connectivity index (χ0v) is 11.5. The van der Waals surface area contributed by atoms with Crippen molar-refractivity contribution >= 4 is 22.6 Å². The first kappa shape index (κ1) is 13.7. The normalized spacial score (nSPS) is 21.9. The molecule has 2 rings (SSSR count). The molecule has 0 fully saturated rings. The van der Waals surface area contributed by atoms with Crippen molar-refractivity contribution in [1.29, 1.82) is 5.41 Å². The molecule has 1 aromatic carbocycles. The number of methoxy groups -OCH3 is 2. The van der Waals surface area contributed by atoms with Crippen LogP contribution >= 0.6 is 11.8 Å². The summed E-state index contributed by atoms with van der Waals surface area (Å²) in [6.07, 6.45) is 0. The molecule has 0 saturated carbocycles. The Hall–Kier alpha value is -1.73. The zero-order chi connectivity index (χ0) is 14.0. The standard InChI is InChI=1S/C12H15N3O3S/c1-17-8-4-3-7(5-9(8)18-2)12(16)6-19-11(15-12)10(13)14/h3-5,16H,6H2,1-2H3,(H3,13,14). The van der Waals surface area contributed by atoms with Gasteiger partial charge in [-0.3, -0.25) is 5.41 Å². The fourth-order valence-electron chi connectivity index (χ4n) is 1.77. The number of aliphatic hydroxyl groups is 1. The van der Waals surface area contributed by atoms with Gasteiger partial charge >= 0.3 is 0 Å². The predicted octanol–water partition coefficient (Wildman–Crippen LogP) is 0.930. The highest BCUT2D eigenvalue weighted by atomic mass is 32.2. The van der Waals surface area contributed by atoms with Crippen molar-refractivity contribution in [3.8, 4) is 11.5 Å². The van der Waals surface area contributed by atoms with Crippen LogP contribution in [0.2, 0.25) is 0 Å². The maximum Gasteiger partial charge on any atom is 0.193 e. The number of benzene rings is 1. The summed E-state index contributed by atoms with van der Waals surface area (Å²) in [5.74, 6) is 1.28. The zero-order valence-electron chi connectivity index (χ0n) is 10.6. The molecule has 0 radical (unpaired) electrons. The lowest BCUT2D eigenvalue weighted by atomic mass is 10.0. The Morgan fingerprint density at radius 3 is 2.63 bits per heavy atom. The monoisotopic (exact) mass is 281 g/mol. The summed E-state index contributed by atoms with van der Waals surface area (Å²) < 4.78 is 10.3. The van der Waals surface area contributed by atoms with Crippen molar-refractivity contribution < 1.29 is 14.6 Å². The van der Waals surface area contributed by atoms with E-state index in [9.17, 15) is 5.11 Å². The first-order valence-corrected chi connectivity index (χ1v) is 6.50. The number of hydrogen-bond acceptors (Lipinski definition) is 6. The first-order valence-electron chi connectivity index (χ1n) is 5.52. The third-order valence-corrected chi connectivity index (χ3v) is 3.90. The Labute approximate surface area is 115 Å². The Morgan fingerprint density at radius 1 is 1.42 bits per heavy atom. The molecule has 1 heterocycles. The van der Waals surface area contributed by atoms with E-state index < -0.39 is 5.72 Å². The Morgan fingerprint density at radius 2 is 2.11 bits per heavy atom. The van der Waals surface area contributed by atoms with Gasteiger partial charge in [0.15, 0.2) is 17.2 Å². The van der Waals surface area contributed by atoms with E-state index in [1.165, 1.54) is 18.9 Å². The lowest BCUT2D eigenvalue weighted by Crippen LogP contribution is -2.24. The second-order valence-electron chi connectivity index (χ2n) is 4.01. The van der Waals surface area contributed by atoms with Gasteiger partial charge < -0.3 is 20.3 Å². The number of aliphatic imine (C=N–C) groups is 1. The van der Waals surface area contributed by atoms with E-state index in [2.05, 4.69) is 4.99 Å². The Bertz CT molecular complexity index is 547. The van der Waals surface area contributed by atoms with E-state index in [1.807, 2.05) is 0 Å². The SMILES string of the molecule is COc1ccc(C2(O)CSC(C(=N)N)=N2)cc1OC. The summed E-state index contributed by atoms with van der Waals surface area (Å²) in [5, 5.41) is 18.2. The summed E-state index contributed by atoms with van der Waals surface area (Å²) >= 11 is 1.25. The van der Waals surface area contributed by atoms with Crippen molar-refractivity contribution in [2.24, 2.45) is 10.7 Å². The smallest absolute Gasteiger partial charge is 0.193 e. The van der Waals surface area contributed by atoms with E-state index in [-0.39, 0.29) is 5.84 Å². The molecule has 102 valence electrons. The molecule has 0 aromatic heterocycles. The molecular formula is C12H15N3O3S. The van der Waals surface area contributed by atoms with Gasteiger partial charge in [-0.05, 0) is 12.1 Å². The van der Waals surface area contributed by atoms with Crippen LogP contribution in [0.15, 0.2) is 23.2 Å². The number of nitrogens with one attached hydrogen (secondary N) is 1. The topological polar surface area (TPSA) is 101 Å². The van der Waals surface area contributed by atoms with E-state index in [0.29, 0.717) is 27.9 Å². The minimum Gasteiger partial charge on any atom is -0.493 e. The first-order chi connectivity index (χ1) is 9.00. The number of thioether (sulfide) groups is 1. The second kappa shape index (κ2) is 5.10. The molecule has 1 aliphatic heterocycles. The Balaban J connectivity index is 2.40. The van der Waals surface area contributed by atoms with E-state index >= 15 is 0 Å². The van der Waals surface area contributed by atoms with Crippen molar-refractivity contribution in [1.82, 2.24) is 0 Å². The lowest BCUT2D eigenvalue weighted by Gasteiger charge is -2.20. The molecule has 7 heteroatoms. The molecule has 1 unspecified atom stereocenters. The van der Waals surface area contributed by atoms with E-state index in [0.717, 1.165) is 0 Å². The van der Waals surface area contributed by atoms with Crippen LogP contribution in [0.1, 0.15) is 5.56 Å². The fraction of sp³-hybridized carbons (Fsp3) is 0.333. The average Bonchev–Trinajstić information content (AvgIpc) is 2.82. The molecule has 6 nitrogen and oxygen atoms in total. The number of hydrogen-bond donors (Lipinski definition) is 3. The molecule has 0 bridgehead atoms. The third kappa shape index (κ3) is 2.52. The summed E-state index contributed by atoms with van der Waals surface area (Å²) in [7, 11) is 3.07. The van der Waals surface area contributed by atoms with Gasteiger partial charge in [-0.2, -0.15) is 0 Å². The van der Waals surface area contributed by atoms with E-state index in [4.69, 9.17) is 20.6 Å². The molecule has 0 saturated heterocycles. The molecule has 0 spiro atoms. The van der Waals surface area contributed by atoms with Gasteiger partial charge in [0.05, 0.1) is 20.0 Å². The number of nitrogens with zero attached hydrogens (tertiary/aromatic N) is 1. The molecule has 19 heavy (non-hydrogen) atoms. The third-order valence-electron chi connectivity index (χ3n) is 2.77. The van der Waals surface area contributed by atoms with Crippen molar-refractivity contribution in [3.63, 3.8) is 0 Å². The minimum absolute atomic E-state index is 0.138. The van der Waals surface area contributed by atoms with Gasteiger partial charge in [0.2, 0.25) is 0 Å². The van der Waals surface area contributed by atoms with Gasteiger partial charge in [0.1, 0.15) is 10.9 Å². The van der Waals surface area contributed by atoms with Crippen LogP contribution in [-0.2, 0) is 5.72 Å². The van der Waals surface area contributed by atoms with E-state index in [1.54, 1.807) is 25.3 Å². The van der Waals surface area contributed by atoms with Crippen LogP contribution in [0.25, 0.3) is 0 Å². The molecule has 1 aliphatic rings. The summed E-state index contributed by atoms with van der Waals surface area (Å²) in [6.45, 7) is 0. The quantitative estimate of drug-likeness (QED) is 0.563. The molecule has 0 amide bonds. The van der Waals surface area contributed by atoms with Gasteiger partial charge in [-0.15, -0.1) is 0 Å². The maximum absolute atomic E-state index is 10.5. The average molecular weight is 281 g/mol. The number of ether oxygens (including phenoxy) is 2. The van der Waals surface area contributed by atoms with Crippen LogP contribution in [0.5, 0.6) is 11.5 Å². The summed E-state index contributed by atoms with van der Waals surface area (Å²) in [4.78, 5) is 4.11. The van der Waals surface area contributed by atoms with Gasteiger partial charge in [-0.25, -0.2) is 4.99 Å². The molecular weight excluding hydrogens is 266 g/mol. The largest absolute Gasteiger partial charge is 0.493 e. The summed E-state index contributed by atoms with van der Waals surface area (Å²) in [6, 6.07) is 5.10. The number of amidine groups is 1. The number of rotatable bonds is 4.